The van der Waals surface area contributed by atoms with Crippen LogP contribution in [0.3, 0.4) is 0 Å². The van der Waals surface area contributed by atoms with Gasteiger partial charge in [0.15, 0.2) is 0 Å². The number of alkyl carbamates (subject to hydrolysis) is 1. The van der Waals surface area contributed by atoms with Crippen molar-refractivity contribution < 1.29 is 19.4 Å². The van der Waals surface area contributed by atoms with Crippen molar-refractivity contribution in [1.82, 2.24) is 5.32 Å². The van der Waals surface area contributed by atoms with E-state index in [0.29, 0.717) is 16.3 Å². The number of nitrogens with one attached hydrogen (secondary N) is 1. The van der Waals surface area contributed by atoms with Crippen LogP contribution in [-0.4, -0.2) is 23.1 Å². The van der Waals surface area contributed by atoms with E-state index >= 15 is 0 Å². The maximum Gasteiger partial charge on any atom is 0.408 e. The van der Waals surface area contributed by atoms with Gasteiger partial charge in [0.25, 0.3) is 0 Å². The predicted octanol–water partition coefficient (Wildman–Crippen LogP) is 2.92. The highest BCUT2D eigenvalue weighted by Gasteiger charge is 2.20. The number of phenolic OH excluding ortho intramolecular Hbond substituents is 1. The van der Waals surface area contributed by atoms with Crippen molar-refractivity contribution in [3.8, 4) is 5.75 Å². The summed E-state index contributed by atoms with van der Waals surface area (Å²) in [6.45, 7) is 5.21. The van der Waals surface area contributed by atoms with E-state index in [0.717, 1.165) is 0 Å². The number of carbonyl (C=O) groups excluding carboxylic acids is 2. The third kappa shape index (κ3) is 4.90. The summed E-state index contributed by atoms with van der Waals surface area (Å²) >= 11 is 3.15. The number of halogens is 1. The summed E-state index contributed by atoms with van der Waals surface area (Å²) in [6, 6.07) is 3.72. The summed E-state index contributed by atoms with van der Waals surface area (Å²) < 4.78 is 5.52. The highest BCUT2D eigenvalue weighted by molar-refractivity contribution is 9.10. The molecule has 1 rings (SSSR count). The number of hydrogen-bond donors (Lipinski definition) is 2. The van der Waals surface area contributed by atoms with Crippen molar-refractivity contribution in [2.75, 3.05) is 0 Å². The first-order chi connectivity index (χ1) is 8.73. The molecule has 6 heteroatoms. The van der Waals surface area contributed by atoms with E-state index < -0.39 is 17.7 Å². The third-order valence-corrected chi connectivity index (χ3v) is 2.77. The van der Waals surface area contributed by atoms with Crippen molar-refractivity contribution in [3.63, 3.8) is 0 Å². The normalized spacial score (nSPS) is 12.6. The number of benzene rings is 1. The van der Waals surface area contributed by atoms with Crippen LogP contribution in [0.1, 0.15) is 32.4 Å². The van der Waals surface area contributed by atoms with Gasteiger partial charge in [0.05, 0.1) is 4.47 Å². The van der Waals surface area contributed by atoms with E-state index in [1.54, 1.807) is 32.9 Å². The topological polar surface area (TPSA) is 75.6 Å². The van der Waals surface area contributed by atoms with E-state index in [2.05, 4.69) is 21.2 Å². The second-order valence-electron chi connectivity index (χ2n) is 4.97. The summed E-state index contributed by atoms with van der Waals surface area (Å²) in [5.41, 5.74) is -0.0851. The van der Waals surface area contributed by atoms with Crippen LogP contribution in [-0.2, 0) is 9.53 Å². The number of hydrogen-bond acceptors (Lipinski definition) is 4. The van der Waals surface area contributed by atoms with Gasteiger partial charge >= 0.3 is 6.09 Å². The zero-order valence-electron chi connectivity index (χ0n) is 10.9. The molecule has 1 aromatic carbocycles. The van der Waals surface area contributed by atoms with Gasteiger partial charge in [0.2, 0.25) is 0 Å². The zero-order valence-corrected chi connectivity index (χ0v) is 12.5. The van der Waals surface area contributed by atoms with E-state index in [4.69, 9.17) is 4.74 Å². The lowest BCUT2D eigenvalue weighted by molar-refractivity contribution is -0.109. The van der Waals surface area contributed by atoms with Crippen molar-refractivity contribution >= 4 is 28.3 Å². The van der Waals surface area contributed by atoms with Gasteiger partial charge in [-0.15, -0.1) is 0 Å². The van der Waals surface area contributed by atoms with Crippen LogP contribution >= 0.6 is 15.9 Å². The Morgan fingerprint density at radius 3 is 2.58 bits per heavy atom. The standard InChI is InChI=1S/C13H16BrNO4/c1-13(2,3)19-12(18)15-10(7-16)8-4-5-11(17)9(14)6-8/h4-7,10,17H,1-3H3,(H,15,18). The first-order valence-electron chi connectivity index (χ1n) is 5.66. The summed E-state index contributed by atoms with van der Waals surface area (Å²) in [5, 5.41) is 11.8. The van der Waals surface area contributed by atoms with E-state index in [9.17, 15) is 14.7 Å². The SMILES string of the molecule is CC(C)(C)OC(=O)NC(C=O)c1ccc(O)c(Br)c1. The third-order valence-electron chi connectivity index (χ3n) is 2.14. The van der Waals surface area contributed by atoms with Crippen molar-refractivity contribution in [3.05, 3.63) is 28.2 Å². The van der Waals surface area contributed by atoms with Gasteiger partial charge in [-0.3, -0.25) is 0 Å². The molecular formula is C13H16BrNO4. The molecule has 0 saturated carbocycles. The molecule has 1 atom stereocenters. The highest BCUT2D eigenvalue weighted by atomic mass is 79.9. The van der Waals surface area contributed by atoms with Crippen LogP contribution < -0.4 is 5.32 Å². The van der Waals surface area contributed by atoms with Crippen LogP contribution in [0.2, 0.25) is 0 Å². The van der Waals surface area contributed by atoms with Gasteiger partial charge in [-0.1, -0.05) is 6.07 Å². The van der Waals surface area contributed by atoms with Gasteiger partial charge in [-0.05, 0) is 54.4 Å². The van der Waals surface area contributed by atoms with E-state index in [1.165, 1.54) is 6.07 Å². The van der Waals surface area contributed by atoms with E-state index in [1.807, 2.05) is 0 Å². The van der Waals surface area contributed by atoms with Crippen LogP contribution in [0.15, 0.2) is 22.7 Å². The zero-order chi connectivity index (χ0) is 14.6. The van der Waals surface area contributed by atoms with E-state index in [-0.39, 0.29) is 5.75 Å². The number of aromatic hydroxyl groups is 1. The summed E-state index contributed by atoms with van der Waals surface area (Å²) in [4.78, 5) is 22.7. The molecule has 0 aliphatic carbocycles. The first kappa shape index (κ1) is 15.5. The maximum absolute atomic E-state index is 11.6. The number of amides is 1. The largest absolute Gasteiger partial charge is 0.507 e. The van der Waals surface area contributed by atoms with Crippen molar-refractivity contribution in [2.45, 2.75) is 32.4 Å². The fraction of sp³-hybridized carbons (Fsp3) is 0.385. The number of rotatable bonds is 3. The van der Waals surface area contributed by atoms with Gasteiger partial charge in [-0.25, -0.2) is 4.79 Å². The lowest BCUT2D eigenvalue weighted by Crippen LogP contribution is -2.35. The molecule has 0 aliphatic rings. The fourth-order valence-corrected chi connectivity index (χ4v) is 1.74. The van der Waals surface area contributed by atoms with Crippen LogP contribution in [0.5, 0.6) is 5.75 Å². The van der Waals surface area contributed by atoms with Gasteiger partial charge in [-0.2, -0.15) is 0 Å². The molecule has 0 bridgehead atoms. The Labute approximate surface area is 120 Å². The molecule has 1 aromatic rings. The molecule has 0 heterocycles. The quantitative estimate of drug-likeness (QED) is 0.836. The molecule has 5 nitrogen and oxygen atoms in total. The Hall–Kier alpha value is -1.56. The average molecular weight is 330 g/mol. The Morgan fingerprint density at radius 1 is 1.47 bits per heavy atom. The smallest absolute Gasteiger partial charge is 0.408 e. The Balaban J connectivity index is 2.81. The van der Waals surface area contributed by atoms with Crippen LogP contribution in [0.4, 0.5) is 4.79 Å². The molecular weight excluding hydrogens is 314 g/mol. The molecule has 0 radical (unpaired) electrons. The van der Waals surface area contributed by atoms with Crippen LogP contribution in [0.25, 0.3) is 0 Å². The van der Waals surface area contributed by atoms with Gasteiger partial charge in [0.1, 0.15) is 23.7 Å². The second kappa shape index (κ2) is 6.06. The maximum atomic E-state index is 11.6. The van der Waals surface area contributed by atoms with Gasteiger partial charge in [0, 0.05) is 0 Å². The number of carbonyl (C=O) groups is 2. The Bertz CT molecular complexity index is 482. The Morgan fingerprint density at radius 2 is 2.11 bits per heavy atom. The molecule has 19 heavy (non-hydrogen) atoms. The summed E-state index contributed by atoms with van der Waals surface area (Å²) in [6.07, 6.45) is -0.0725. The molecule has 0 saturated heterocycles. The first-order valence-corrected chi connectivity index (χ1v) is 6.45. The lowest BCUT2D eigenvalue weighted by atomic mass is 10.1. The predicted molar refractivity (Wildman–Crippen MR) is 74.0 cm³/mol. The molecule has 1 amide bonds. The fourth-order valence-electron chi connectivity index (χ4n) is 1.35. The minimum absolute atomic E-state index is 0.0608. The monoisotopic (exact) mass is 329 g/mol. The molecule has 1 unspecified atom stereocenters. The number of ether oxygens (including phenoxy) is 1. The van der Waals surface area contributed by atoms with Crippen molar-refractivity contribution in [2.24, 2.45) is 0 Å². The molecule has 104 valence electrons. The number of aldehydes is 1. The Kier molecular flexibility index (Phi) is 4.94. The summed E-state index contributed by atoms with van der Waals surface area (Å²) in [7, 11) is 0. The molecule has 0 spiro atoms. The molecule has 0 fully saturated rings. The molecule has 0 aliphatic heterocycles. The minimum atomic E-state index is -0.827. The summed E-state index contributed by atoms with van der Waals surface area (Å²) in [5.74, 6) is 0.0608. The lowest BCUT2D eigenvalue weighted by Gasteiger charge is -2.21. The van der Waals surface area contributed by atoms with Gasteiger partial charge < -0.3 is 20.0 Å². The second-order valence-corrected chi connectivity index (χ2v) is 5.83. The van der Waals surface area contributed by atoms with Crippen LogP contribution in [0, 0.1) is 0 Å². The van der Waals surface area contributed by atoms with Crippen molar-refractivity contribution in [1.29, 1.82) is 0 Å². The highest BCUT2D eigenvalue weighted by Crippen LogP contribution is 2.26. The molecule has 2 N–H and O–H groups in total. The number of phenols is 1. The average Bonchev–Trinajstić information content (AvgIpc) is 2.27. The molecule has 0 aromatic heterocycles. The minimum Gasteiger partial charge on any atom is -0.507 e.